The first-order chi connectivity index (χ1) is 21.0. The second-order valence-corrected chi connectivity index (χ2v) is 13.5. The molecule has 0 heterocycles. The molecule has 0 aliphatic heterocycles. The molecule has 1 aliphatic rings. The molecule has 44 heavy (non-hydrogen) atoms. The highest BCUT2D eigenvalue weighted by molar-refractivity contribution is 9.10. The van der Waals surface area contributed by atoms with E-state index < -0.39 is 34.3 Å². The van der Waals surface area contributed by atoms with E-state index in [0.717, 1.165) is 58.6 Å². The summed E-state index contributed by atoms with van der Waals surface area (Å²) < 4.78 is 54.4. The highest BCUT2D eigenvalue weighted by atomic mass is 79.9. The lowest BCUT2D eigenvalue weighted by atomic mass is 9.95. The van der Waals surface area contributed by atoms with Crippen LogP contribution >= 0.6 is 15.9 Å². The number of sulfonamides is 1. The highest BCUT2D eigenvalue weighted by Gasteiger charge is 2.33. The summed E-state index contributed by atoms with van der Waals surface area (Å²) in [7, 11) is -1.56. The number of nitrogens with one attached hydrogen (secondary N) is 1. The molecule has 3 aromatic rings. The second-order valence-electron chi connectivity index (χ2n) is 10.7. The Balaban J connectivity index is 1.70. The first-order valence-corrected chi connectivity index (χ1v) is 16.6. The molecule has 0 radical (unpaired) electrons. The lowest BCUT2D eigenvalue weighted by molar-refractivity contribution is -0.139. The van der Waals surface area contributed by atoms with Crippen molar-refractivity contribution < 1.29 is 31.9 Å². The van der Waals surface area contributed by atoms with Crippen molar-refractivity contribution in [3.8, 4) is 11.5 Å². The zero-order chi connectivity index (χ0) is 31.9. The van der Waals surface area contributed by atoms with Crippen molar-refractivity contribution >= 4 is 43.5 Å². The number of hydrogen-bond acceptors (Lipinski definition) is 6. The Morgan fingerprint density at radius 3 is 2.20 bits per heavy atom. The van der Waals surface area contributed by atoms with E-state index in [0.29, 0.717) is 5.75 Å². The van der Waals surface area contributed by atoms with Gasteiger partial charge in [-0.3, -0.25) is 13.9 Å². The Bertz CT molecular complexity index is 1550. The zero-order valence-electron chi connectivity index (χ0n) is 25.0. The lowest BCUT2D eigenvalue weighted by Crippen LogP contribution is -2.53. The summed E-state index contributed by atoms with van der Waals surface area (Å²) in [5.74, 6) is -0.961. The summed E-state index contributed by atoms with van der Waals surface area (Å²) in [6.45, 7) is 1.07. The van der Waals surface area contributed by atoms with Gasteiger partial charge in [-0.15, -0.1) is 0 Å². The summed E-state index contributed by atoms with van der Waals surface area (Å²) in [4.78, 5) is 28.8. The molecule has 0 unspecified atom stereocenters. The second kappa shape index (κ2) is 14.9. The third-order valence-electron chi connectivity index (χ3n) is 7.72. The van der Waals surface area contributed by atoms with Crippen molar-refractivity contribution in [1.29, 1.82) is 0 Å². The van der Waals surface area contributed by atoms with Crippen molar-refractivity contribution in [1.82, 2.24) is 10.2 Å². The predicted octanol–water partition coefficient (Wildman–Crippen LogP) is 5.67. The molecule has 3 aromatic carbocycles. The Kier molecular flexibility index (Phi) is 11.3. The smallest absolute Gasteiger partial charge is 0.264 e. The van der Waals surface area contributed by atoms with Crippen LogP contribution in [-0.4, -0.2) is 58.0 Å². The number of hydrogen-bond donors (Lipinski definition) is 1. The SMILES string of the molecule is COc1ccc(S(=O)(=O)N(CC(=O)N(Cc2ccc(Br)cc2)[C@H](C)C(=O)NC2CCCCC2)c2ccc(F)cc2)cc1OC. The van der Waals surface area contributed by atoms with Gasteiger partial charge in [0.15, 0.2) is 11.5 Å². The average molecular weight is 691 g/mol. The van der Waals surface area contributed by atoms with Crippen molar-refractivity contribution in [2.45, 2.75) is 62.6 Å². The van der Waals surface area contributed by atoms with Crippen LogP contribution in [0.4, 0.5) is 10.1 Å². The van der Waals surface area contributed by atoms with E-state index in [1.807, 2.05) is 24.3 Å². The molecule has 2 amide bonds. The maximum atomic E-state index is 14.1. The number of nitrogens with zero attached hydrogens (tertiary/aromatic N) is 2. The van der Waals surface area contributed by atoms with Crippen LogP contribution in [-0.2, 0) is 26.2 Å². The van der Waals surface area contributed by atoms with Crippen LogP contribution in [0.25, 0.3) is 0 Å². The van der Waals surface area contributed by atoms with E-state index in [2.05, 4.69) is 21.2 Å². The molecule has 0 aromatic heterocycles. The van der Waals surface area contributed by atoms with Crippen LogP contribution in [0.1, 0.15) is 44.6 Å². The number of halogens is 2. The maximum absolute atomic E-state index is 14.1. The number of rotatable bonds is 12. The van der Waals surface area contributed by atoms with Crippen molar-refractivity contribution in [2.75, 3.05) is 25.1 Å². The Morgan fingerprint density at radius 1 is 0.955 bits per heavy atom. The molecule has 1 N–H and O–H groups in total. The Labute approximate surface area is 266 Å². The third kappa shape index (κ3) is 8.09. The van der Waals surface area contributed by atoms with Crippen LogP contribution in [0.2, 0.25) is 0 Å². The van der Waals surface area contributed by atoms with E-state index in [1.54, 1.807) is 6.92 Å². The van der Waals surface area contributed by atoms with Gasteiger partial charge in [-0.2, -0.15) is 0 Å². The van der Waals surface area contributed by atoms with Gasteiger partial charge in [-0.05, 0) is 73.9 Å². The fourth-order valence-corrected chi connectivity index (χ4v) is 6.87. The van der Waals surface area contributed by atoms with Gasteiger partial charge in [0.05, 0.1) is 24.8 Å². The van der Waals surface area contributed by atoms with Gasteiger partial charge < -0.3 is 19.7 Å². The van der Waals surface area contributed by atoms with Gasteiger partial charge in [0.25, 0.3) is 10.0 Å². The van der Waals surface area contributed by atoms with E-state index in [-0.39, 0.29) is 34.8 Å². The molecular formula is C32H37BrFN3O6S. The number of benzene rings is 3. The molecule has 1 saturated carbocycles. The first-order valence-electron chi connectivity index (χ1n) is 14.4. The summed E-state index contributed by atoms with van der Waals surface area (Å²) in [6.07, 6.45) is 4.94. The highest BCUT2D eigenvalue weighted by Crippen LogP contribution is 2.32. The average Bonchev–Trinajstić information content (AvgIpc) is 3.03. The van der Waals surface area contributed by atoms with E-state index in [4.69, 9.17) is 9.47 Å². The molecule has 0 bridgehead atoms. The summed E-state index contributed by atoms with van der Waals surface area (Å²) in [5, 5.41) is 3.08. The molecule has 1 atom stereocenters. The molecule has 1 fully saturated rings. The number of carbonyl (C=O) groups excluding carboxylic acids is 2. The topological polar surface area (TPSA) is 105 Å². The van der Waals surface area contributed by atoms with Gasteiger partial charge >= 0.3 is 0 Å². The quantitative estimate of drug-likeness (QED) is 0.263. The molecule has 4 rings (SSSR count). The van der Waals surface area contributed by atoms with Crippen LogP contribution in [0.5, 0.6) is 11.5 Å². The molecule has 0 spiro atoms. The largest absolute Gasteiger partial charge is 0.493 e. The van der Waals surface area contributed by atoms with E-state index in [9.17, 15) is 22.4 Å². The van der Waals surface area contributed by atoms with Gasteiger partial charge in [-0.25, -0.2) is 12.8 Å². The Morgan fingerprint density at radius 2 is 1.59 bits per heavy atom. The number of methoxy groups -OCH3 is 2. The third-order valence-corrected chi connectivity index (χ3v) is 10.0. The molecular weight excluding hydrogens is 653 g/mol. The van der Waals surface area contributed by atoms with Gasteiger partial charge in [0.1, 0.15) is 18.4 Å². The number of carbonyl (C=O) groups is 2. The molecule has 236 valence electrons. The maximum Gasteiger partial charge on any atom is 0.264 e. The molecule has 9 nitrogen and oxygen atoms in total. The summed E-state index contributed by atoms with van der Waals surface area (Å²) in [6, 6.07) is 15.4. The molecule has 1 aliphatic carbocycles. The lowest BCUT2D eigenvalue weighted by Gasteiger charge is -2.33. The number of amides is 2. The van der Waals surface area contributed by atoms with Crippen LogP contribution < -0.4 is 19.1 Å². The minimum atomic E-state index is -4.38. The van der Waals surface area contributed by atoms with Crippen molar-refractivity contribution in [2.24, 2.45) is 0 Å². The van der Waals surface area contributed by atoms with Crippen molar-refractivity contribution in [3.63, 3.8) is 0 Å². The number of anilines is 1. The molecule has 12 heteroatoms. The molecule has 0 saturated heterocycles. The first kappa shape index (κ1) is 33.3. The zero-order valence-corrected chi connectivity index (χ0v) is 27.4. The van der Waals surface area contributed by atoms with E-state index >= 15 is 0 Å². The fraction of sp³-hybridized carbons (Fsp3) is 0.375. The van der Waals surface area contributed by atoms with Gasteiger partial charge in [-0.1, -0.05) is 47.3 Å². The monoisotopic (exact) mass is 689 g/mol. The minimum Gasteiger partial charge on any atom is -0.493 e. The Hall–Kier alpha value is -3.64. The van der Waals surface area contributed by atoms with Gasteiger partial charge in [0, 0.05) is 23.1 Å². The van der Waals surface area contributed by atoms with Crippen LogP contribution in [0.15, 0.2) is 76.1 Å². The summed E-state index contributed by atoms with van der Waals surface area (Å²) >= 11 is 3.41. The minimum absolute atomic E-state index is 0.0319. The van der Waals surface area contributed by atoms with Gasteiger partial charge in [0.2, 0.25) is 11.8 Å². The normalized spacial score (nSPS) is 14.4. The van der Waals surface area contributed by atoms with E-state index in [1.165, 1.54) is 49.5 Å². The predicted molar refractivity (Wildman–Crippen MR) is 170 cm³/mol. The number of ether oxygens (including phenoxy) is 2. The van der Waals surface area contributed by atoms with Crippen molar-refractivity contribution in [3.05, 3.63) is 82.6 Å². The standard InChI is InChI=1S/C32H37BrFN3O6S/c1-22(32(39)35-26-7-5-4-6-8-26)36(20-23-9-11-24(33)12-10-23)31(38)21-37(27-15-13-25(34)14-16-27)44(40,41)28-17-18-29(42-2)30(19-28)43-3/h9-19,22,26H,4-8,20-21H2,1-3H3,(H,35,39)/t22-/m1/s1. The van der Waals surface area contributed by atoms with Crippen LogP contribution in [0, 0.1) is 5.82 Å². The summed E-state index contributed by atoms with van der Waals surface area (Å²) in [5.41, 5.74) is 0.840. The van der Waals surface area contributed by atoms with Crippen LogP contribution in [0.3, 0.4) is 0 Å². The fourth-order valence-electron chi connectivity index (χ4n) is 5.18.